The van der Waals surface area contributed by atoms with E-state index in [1.807, 2.05) is 17.0 Å². The molecule has 0 saturated carbocycles. The van der Waals surface area contributed by atoms with E-state index in [4.69, 9.17) is 9.47 Å². The number of carbonyl (C=O) groups is 1. The molecule has 2 aromatic heterocycles. The second kappa shape index (κ2) is 9.03. The molecule has 2 aliphatic rings. The molecule has 2 aliphatic heterocycles. The molecule has 1 atom stereocenters. The molecule has 3 aromatic rings. The first-order valence-electron chi connectivity index (χ1n) is 10.8. The van der Waals surface area contributed by atoms with Gasteiger partial charge in [0.25, 0.3) is 0 Å². The Morgan fingerprint density at radius 3 is 2.66 bits per heavy atom. The van der Waals surface area contributed by atoms with Crippen LogP contribution in [0.25, 0.3) is 11.0 Å². The zero-order chi connectivity index (χ0) is 22.1. The van der Waals surface area contributed by atoms with Crippen LogP contribution in [0.3, 0.4) is 0 Å². The van der Waals surface area contributed by atoms with Gasteiger partial charge < -0.3 is 14.4 Å². The Balaban J connectivity index is 1.25. The van der Waals surface area contributed by atoms with Gasteiger partial charge in [-0.3, -0.25) is 9.88 Å². The average Bonchev–Trinajstić information content (AvgIpc) is 3.21. The minimum Gasteiger partial charge on any atom is -0.481 e. The highest BCUT2D eigenvalue weighted by Gasteiger charge is 2.39. The first kappa shape index (κ1) is 21.2. The lowest BCUT2D eigenvalue weighted by atomic mass is 10.0. The summed E-state index contributed by atoms with van der Waals surface area (Å²) in [5.41, 5.74) is 3.66. The summed E-state index contributed by atoms with van der Waals surface area (Å²) in [5, 5.41) is 0. The van der Waals surface area contributed by atoms with Gasteiger partial charge in [-0.1, -0.05) is 28.1 Å². The number of halogens is 1. The highest BCUT2D eigenvalue weighted by atomic mass is 79.9. The molecular weight excluding hydrogens is 472 g/mol. The van der Waals surface area contributed by atoms with Gasteiger partial charge in [0.2, 0.25) is 5.88 Å². The lowest BCUT2D eigenvalue weighted by Gasteiger charge is -2.35. The summed E-state index contributed by atoms with van der Waals surface area (Å²) in [6, 6.07) is 14.2. The predicted molar refractivity (Wildman–Crippen MR) is 124 cm³/mol. The van der Waals surface area contributed by atoms with Gasteiger partial charge in [0.05, 0.1) is 24.7 Å². The molecule has 0 N–H and O–H groups in total. The SMILES string of the molecule is COc1ccc2nccc(C3CN(C4CCN(Cc5ccc(Br)cc5)CC4)C(=O)O3)c2n1. The number of rotatable bonds is 5. The normalized spacial score (nSPS) is 20.0. The van der Waals surface area contributed by atoms with Crippen LogP contribution < -0.4 is 4.74 Å². The molecule has 1 amide bonds. The number of hydrogen-bond donors (Lipinski definition) is 0. The topological polar surface area (TPSA) is 67.8 Å². The van der Waals surface area contributed by atoms with E-state index in [-0.39, 0.29) is 18.2 Å². The quantitative estimate of drug-likeness (QED) is 0.515. The maximum atomic E-state index is 12.7. The standard InChI is InChI=1S/C24H25BrN4O3/c1-31-22-7-6-20-23(27-22)19(8-11-26-20)21-15-29(24(30)32-21)18-9-12-28(13-10-18)14-16-2-4-17(25)5-3-16/h2-8,11,18,21H,9-10,12-15H2,1H3. The maximum Gasteiger partial charge on any atom is 0.410 e. The lowest BCUT2D eigenvalue weighted by Crippen LogP contribution is -2.45. The number of cyclic esters (lactones) is 1. The first-order chi connectivity index (χ1) is 15.6. The third kappa shape index (κ3) is 4.29. The van der Waals surface area contributed by atoms with Crippen molar-refractivity contribution in [3.8, 4) is 5.88 Å². The number of amides is 1. The predicted octanol–water partition coefficient (Wildman–Crippen LogP) is 4.56. The summed E-state index contributed by atoms with van der Waals surface area (Å²) in [6.07, 6.45) is 3.04. The number of likely N-dealkylation sites (tertiary alicyclic amines) is 1. The Bertz CT molecular complexity index is 1120. The minimum absolute atomic E-state index is 0.198. The van der Waals surface area contributed by atoms with E-state index in [2.05, 4.69) is 55.1 Å². The number of piperidine rings is 1. The van der Waals surface area contributed by atoms with Crippen LogP contribution in [0.4, 0.5) is 4.79 Å². The van der Waals surface area contributed by atoms with Gasteiger partial charge in [0.1, 0.15) is 6.10 Å². The number of carbonyl (C=O) groups excluding carboxylic acids is 1. The van der Waals surface area contributed by atoms with Crippen LogP contribution in [-0.4, -0.2) is 58.6 Å². The molecule has 2 fully saturated rings. The second-order valence-electron chi connectivity index (χ2n) is 8.28. The molecule has 5 rings (SSSR count). The minimum atomic E-state index is -0.353. The van der Waals surface area contributed by atoms with Crippen LogP contribution in [-0.2, 0) is 11.3 Å². The number of ether oxygens (including phenoxy) is 2. The van der Waals surface area contributed by atoms with Crippen LogP contribution in [0.2, 0.25) is 0 Å². The molecule has 166 valence electrons. The summed E-state index contributed by atoms with van der Waals surface area (Å²) >= 11 is 3.49. The van der Waals surface area contributed by atoms with Crippen molar-refractivity contribution in [3.05, 3.63) is 64.3 Å². The molecule has 1 unspecified atom stereocenters. The zero-order valence-corrected chi connectivity index (χ0v) is 19.5. The van der Waals surface area contributed by atoms with Gasteiger partial charge in [-0.25, -0.2) is 9.78 Å². The van der Waals surface area contributed by atoms with Crippen LogP contribution in [0, 0.1) is 0 Å². The smallest absolute Gasteiger partial charge is 0.410 e. The van der Waals surface area contributed by atoms with Gasteiger partial charge in [0, 0.05) is 48.0 Å². The van der Waals surface area contributed by atoms with Crippen LogP contribution in [0.15, 0.2) is 53.1 Å². The number of methoxy groups -OCH3 is 1. The number of pyridine rings is 2. The molecule has 0 spiro atoms. The molecule has 8 heteroatoms. The first-order valence-corrected chi connectivity index (χ1v) is 11.6. The molecule has 0 radical (unpaired) electrons. The fraction of sp³-hybridized carbons (Fsp3) is 0.375. The van der Waals surface area contributed by atoms with Gasteiger partial charge in [-0.2, -0.15) is 0 Å². The monoisotopic (exact) mass is 496 g/mol. The number of nitrogens with zero attached hydrogens (tertiary/aromatic N) is 4. The molecule has 2 saturated heterocycles. The van der Waals surface area contributed by atoms with E-state index in [0.717, 1.165) is 53.5 Å². The van der Waals surface area contributed by atoms with Crippen molar-refractivity contribution in [1.82, 2.24) is 19.8 Å². The van der Waals surface area contributed by atoms with Crippen molar-refractivity contribution in [2.45, 2.75) is 31.5 Å². The maximum absolute atomic E-state index is 12.7. The number of hydrogen-bond acceptors (Lipinski definition) is 6. The molecule has 7 nitrogen and oxygen atoms in total. The molecule has 32 heavy (non-hydrogen) atoms. The Hall–Kier alpha value is -2.71. The van der Waals surface area contributed by atoms with Gasteiger partial charge >= 0.3 is 6.09 Å². The third-order valence-electron chi connectivity index (χ3n) is 6.30. The lowest BCUT2D eigenvalue weighted by molar-refractivity contribution is 0.110. The third-order valence-corrected chi connectivity index (χ3v) is 6.83. The summed E-state index contributed by atoms with van der Waals surface area (Å²) in [5.74, 6) is 0.520. The van der Waals surface area contributed by atoms with Crippen molar-refractivity contribution in [3.63, 3.8) is 0 Å². The van der Waals surface area contributed by atoms with Crippen LogP contribution in [0.5, 0.6) is 5.88 Å². The average molecular weight is 497 g/mol. The Morgan fingerprint density at radius 2 is 1.91 bits per heavy atom. The van der Waals surface area contributed by atoms with Crippen molar-refractivity contribution in [2.24, 2.45) is 0 Å². The molecular formula is C24H25BrN4O3. The molecule has 1 aromatic carbocycles. The largest absolute Gasteiger partial charge is 0.481 e. The Morgan fingerprint density at radius 1 is 1.12 bits per heavy atom. The van der Waals surface area contributed by atoms with E-state index in [1.54, 1.807) is 19.4 Å². The van der Waals surface area contributed by atoms with E-state index in [1.165, 1.54) is 5.56 Å². The highest BCUT2D eigenvalue weighted by molar-refractivity contribution is 9.10. The van der Waals surface area contributed by atoms with E-state index < -0.39 is 0 Å². The van der Waals surface area contributed by atoms with Gasteiger partial charge in [0.15, 0.2) is 0 Å². The fourth-order valence-electron chi connectivity index (χ4n) is 4.58. The van der Waals surface area contributed by atoms with Crippen molar-refractivity contribution < 1.29 is 14.3 Å². The van der Waals surface area contributed by atoms with Crippen molar-refractivity contribution >= 4 is 33.1 Å². The summed E-state index contributed by atoms with van der Waals surface area (Å²) in [6.45, 7) is 3.40. The molecule has 0 bridgehead atoms. The second-order valence-corrected chi connectivity index (χ2v) is 9.20. The Kier molecular flexibility index (Phi) is 5.97. The summed E-state index contributed by atoms with van der Waals surface area (Å²) in [4.78, 5) is 26.0. The number of aromatic nitrogens is 2. The zero-order valence-electron chi connectivity index (χ0n) is 17.9. The van der Waals surface area contributed by atoms with E-state index in [0.29, 0.717) is 12.4 Å². The summed E-state index contributed by atoms with van der Waals surface area (Å²) in [7, 11) is 1.59. The summed E-state index contributed by atoms with van der Waals surface area (Å²) < 4.78 is 12.2. The van der Waals surface area contributed by atoms with Crippen LogP contribution >= 0.6 is 15.9 Å². The van der Waals surface area contributed by atoms with Gasteiger partial charge in [-0.05, 0) is 42.7 Å². The number of benzene rings is 1. The molecule has 0 aliphatic carbocycles. The Labute approximate surface area is 195 Å². The van der Waals surface area contributed by atoms with E-state index in [9.17, 15) is 4.79 Å². The molecule has 4 heterocycles. The van der Waals surface area contributed by atoms with Gasteiger partial charge in [-0.15, -0.1) is 0 Å². The van der Waals surface area contributed by atoms with Crippen molar-refractivity contribution in [1.29, 1.82) is 0 Å². The fourth-order valence-corrected chi connectivity index (χ4v) is 4.84. The van der Waals surface area contributed by atoms with Crippen molar-refractivity contribution in [2.75, 3.05) is 26.7 Å². The van der Waals surface area contributed by atoms with E-state index >= 15 is 0 Å². The van der Waals surface area contributed by atoms with Crippen LogP contribution in [0.1, 0.15) is 30.1 Å². The number of fused-ring (bicyclic) bond motifs is 1. The highest BCUT2D eigenvalue weighted by Crippen LogP contribution is 2.33.